The predicted molar refractivity (Wildman–Crippen MR) is 118 cm³/mol. The topological polar surface area (TPSA) is 73.0 Å². The first-order valence-electron chi connectivity index (χ1n) is 10.6. The van der Waals surface area contributed by atoms with Crippen molar-refractivity contribution in [2.24, 2.45) is 0 Å². The molecule has 0 bridgehead atoms. The van der Waals surface area contributed by atoms with E-state index in [2.05, 4.69) is 39.1 Å². The molecule has 2 heterocycles. The Bertz CT molecular complexity index is 962. The molecule has 0 unspecified atom stereocenters. The molecule has 1 amide bonds. The third kappa shape index (κ3) is 5.14. The molecule has 1 saturated carbocycles. The zero-order chi connectivity index (χ0) is 20.8. The van der Waals surface area contributed by atoms with Crippen LogP contribution in [-0.4, -0.2) is 32.5 Å². The number of rotatable bonds is 8. The van der Waals surface area contributed by atoms with Crippen LogP contribution in [-0.2, 0) is 11.3 Å². The number of furan rings is 1. The molecule has 0 spiro atoms. The van der Waals surface area contributed by atoms with Crippen LogP contribution < -0.4 is 5.32 Å². The summed E-state index contributed by atoms with van der Waals surface area (Å²) in [5.41, 5.74) is 2.20. The number of thioether (sulfide) groups is 1. The Labute approximate surface area is 181 Å². The molecule has 6 nitrogen and oxygen atoms in total. The van der Waals surface area contributed by atoms with Crippen LogP contribution in [0.3, 0.4) is 0 Å². The number of hydrogen-bond donors (Lipinski definition) is 1. The molecular weight excluding hydrogens is 396 g/mol. The maximum atomic E-state index is 12.3. The summed E-state index contributed by atoms with van der Waals surface area (Å²) in [7, 11) is 0. The Hall–Kier alpha value is -2.54. The molecule has 0 atom stereocenters. The molecule has 2 aromatic heterocycles. The van der Waals surface area contributed by atoms with E-state index in [1.807, 2.05) is 24.3 Å². The highest BCUT2D eigenvalue weighted by molar-refractivity contribution is 7.99. The predicted octanol–water partition coefficient (Wildman–Crippen LogP) is 4.83. The molecule has 7 heteroatoms. The van der Waals surface area contributed by atoms with E-state index in [4.69, 9.17) is 4.42 Å². The minimum atomic E-state index is 0.130. The normalized spacial score (nSPS) is 14.7. The minimum absolute atomic E-state index is 0.130. The molecule has 3 aromatic rings. The second-order valence-corrected chi connectivity index (χ2v) is 8.85. The maximum absolute atomic E-state index is 12.3. The third-order valence-corrected chi connectivity index (χ3v) is 6.50. The molecule has 1 N–H and O–H groups in total. The maximum Gasteiger partial charge on any atom is 0.221 e. The fraction of sp³-hybridized carbons (Fsp3) is 0.435. The lowest BCUT2D eigenvalue weighted by atomic mass is 9.95. The van der Waals surface area contributed by atoms with Gasteiger partial charge in [0.05, 0.1) is 12.8 Å². The number of hydrogen-bond acceptors (Lipinski definition) is 5. The summed E-state index contributed by atoms with van der Waals surface area (Å²) in [4.78, 5) is 12.3. The van der Waals surface area contributed by atoms with E-state index in [-0.39, 0.29) is 5.91 Å². The Morgan fingerprint density at radius 2 is 2.00 bits per heavy atom. The van der Waals surface area contributed by atoms with Gasteiger partial charge in [0.25, 0.3) is 0 Å². The lowest BCUT2D eigenvalue weighted by molar-refractivity contribution is -0.121. The Morgan fingerprint density at radius 1 is 1.17 bits per heavy atom. The van der Waals surface area contributed by atoms with E-state index in [1.54, 1.807) is 18.0 Å². The van der Waals surface area contributed by atoms with Crippen molar-refractivity contribution in [2.75, 3.05) is 5.75 Å². The average molecular weight is 425 g/mol. The smallest absolute Gasteiger partial charge is 0.221 e. The summed E-state index contributed by atoms with van der Waals surface area (Å²) >= 11 is 1.57. The number of carbonyl (C=O) groups excluding carboxylic acids is 1. The quantitative estimate of drug-likeness (QED) is 0.525. The van der Waals surface area contributed by atoms with Gasteiger partial charge in [0.1, 0.15) is 5.76 Å². The summed E-state index contributed by atoms with van der Waals surface area (Å²) in [6.07, 6.45) is 8.10. The highest BCUT2D eigenvalue weighted by Crippen LogP contribution is 2.27. The summed E-state index contributed by atoms with van der Waals surface area (Å²) in [5.74, 6) is 2.47. The van der Waals surface area contributed by atoms with Crippen LogP contribution in [0.2, 0.25) is 0 Å². The van der Waals surface area contributed by atoms with E-state index >= 15 is 0 Å². The average Bonchev–Trinajstić information content (AvgIpc) is 3.40. The van der Waals surface area contributed by atoms with Gasteiger partial charge in [0.2, 0.25) is 5.91 Å². The van der Waals surface area contributed by atoms with Crippen LogP contribution >= 0.6 is 11.8 Å². The summed E-state index contributed by atoms with van der Waals surface area (Å²) in [5, 5.41) is 12.9. The lowest BCUT2D eigenvalue weighted by Crippen LogP contribution is -2.36. The Morgan fingerprint density at radius 3 is 2.77 bits per heavy atom. The van der Waals surface area contributed by atoms with Gasteiger partial charge < -0.3 is 9.73 Å². The molecule has 1 aromatic carbocycles. The first-order valence-corrected chi connectivity index (χ1v) is 11.6. The second kappa shape index (κ2) is 9.98. The molecule has 1 aliphatic rings. The molecule has 0 radical (unpaired) electrons. The van der Waals surface area contributed by atoms with Gasteiger partial charge in [-0.3, -0.25) is 9.36 Å². The molecule has 30 heavy (non-hydrogen) atoms. The number of aromatic nitrogens is 3. The van der Waals surface area contributed by atoms with E-state index in [0.29, 0.717) is 24.8 Å². The summed E-state index contributed by atoms with van der Waals surface area (Å²) in [6, 6.07) is 12.4. The molecule has 158 valence electrons. The van der Waals surface area contributed by atoms with Crippen LogP contribution in [0, 0.1) is 6.92 Å². The zero-order valence-electron chi connectivity index (χ0n) is 17.3. The largest absolute Gasteiger partial charge is 0.467 e. The highest BCUT2D eigenvalue weighted by atomic mass is 32.2. The van der Waals surface area contributed by atoms with Crippen LogP contribution in [0.5, 0.6) is 0 Å². The molecule has 1 aliphatic carbocycles. The van der Waals surface area contributed by atoms with Gasteiger partial charge in [0.15, 0.2) is 11.0 Å². The van der Waals surface area contributed by atoms with Crippen LogP contribution in [0.4, 0.5) is 0 Å². The molecule has 4 rings (SSSR count). The van der Waals surface area contributed by atoms with Gasteiger partial charge in [-0.1, -0.05) is 55.3 Å². The highest BCUT2D eigenvalue weighted by Gasteiger charge is 2.19. The van der Waals surface area contributed by atoms with Gasteiger partial charge in [0, 0.05) is 23.8 Å². The van der Waals surface area contributed by atoms with Crippen molar-refractivity contribution in [3.05, 3.63) is 54.0 Å². The van der Waals surface area contributed by atoms with Gasteiger partial charge >= 0.3 is 0 Å². The van der Waals surface area contributed by atoms with Crippen LogP contribution in [0.15, 0.2) is 52.2 Å². The first kappa shape index (κ1) is 20.7. The number of carbonyl (C=O) groups is 1. The van der Waals surface area contributed by atoms with Gasteiger partial charge in [-0.2, -0.15) is 0 Å². The van der Waals surface area contributed by atoms with Crippen molar-refractivity contribution in [1.29, 1.82) is 0 Å². The SMILES string of the molecule is Cc1ccccc1-c1nnc(SCCC(=O)NC2CCCCC2)n1Cc1ccco1. The van der Waals surface area contributed by atoms with Crippen molar-refractivity contribution in [3.8, 4) is 11.4 Å². The number of nitrogens with one attached hydrogen (secondary N) is 1. The second-order valence-electron chi connectivity index (χ2n) is 7.79. The minimum Gasteiger partial charge on any atom is -0.467 e. The zero-order valence-corrected chi connectivity index (χ0v) is 18.2. The number of amides is 1. The summed E-state index contributed by atoms with van der Waals surface area (Å²) in [6.45, 7) is 2.63. The van der Waals surface area contributed by atoms with Crippen molar-refractivity contribution in [3.63, 3.8) is 0 Å². The van der Waals surface area contributed by atoms with Crippen LogP contribution in [0.25, 0.3) is 11.4 Å². The van der Waals surface area contributed by atoms with Gasteiger partial charge in [-0.15, -0.1) is 10.2 Å². The third-order valence-electron chi connectivity index (χ3n) is 5.53. The van der Waals surface area contributed by atoms with Crippen molar-refractivity contribution >= 4 is 17.7 Å². The molecule has 0 saturated heterocycles. The van der Waals surface area contributed by atoms with E-state index < -0.39 is 0 Å². The van der Waals surface area contributed by atoms with Gasteiger partial charge in [-0.25, -0.2) is 0 Å². The first-order chi connectivity index (χ1) is 14.7. The molecular formula is C23H28N4O2S. The van der Waals surface area contributed by atoms with Crippen LogP contribution in [0.1, 0.15) is 49.8 Å². The molecule has 1 fully saturated rings. The van der Waals surface area contributed by atoms with E-state index in [1.165, 1.54) is 19.3 Å². The number of aryl methyl sites for hydroxylation is 1. The van der Waals surface area contributed by atoms with E-state index in [9.17, 15) is 4.79 Å². The molecule has 0 aliphatic heterocycles. The van der Waals surface area contributed by atoms with E-state index in [0.717, 1.165) is 40.7 Å². The summed E-state index contributed by atoms with van der Waals surface area (Å²) < 4.78 is 7.63. The van der Waals surface area contributed by atoms with Crippen molar-refractivity contribution in [1.82, 2.24) is 20.1 Å². The number of benzene rings is 1. The Kier molecular flexibility index (Phi) is 6.89. The monoisotopic (exact) mass is 424 g/mol. The fourth-order valence-corrected chi connectivity index (χ4v) is 4.78. The Balaban J connectivity index is 1.44. The fourth-order valence-electron chi connectivity index (χ4n) is 3.90. The van der Waals surface area contributed by atoms with Gasteiger partial charge in [-0.05, 0) is 37.5 Å². The standard InChI is InChI=1S/C23H28N4O2S/c1-17-8-5-6-12-20(17)22-25-26-23(27(22)16-19-11-7-14-29-19)30-15-13-21(28)24-18-9-3-2-4-10-18/h5-8,11-12,14,18H,2-4,9-10,13,15-16H2,1H3,(H,24,28). The van der Waals surface area contributed by atoms with Crippen molar-refractivity contribution < 1.29 is 9.21 Å². The lowest BCUT2D eigenvalue weighted by Gasteiger charge is -2.22. The van der Waals surface area contributed by atoms with Crippen molar-refractivity contribution in [2.45, 2.75) is 63.2 Å². The number of nitrogens with zero attached hydrogens (tertiary/aromatic N) is 3.